The van der Waals surface area contributed by atoms with Gasteiger partial charge in [-0.05, 0) is 18.1 Å². The Kier molecular flexibility index (Phi) is 4.06. The molecule has 1 aromatic carbocycles. The van der Waals surface area contributed by atoms with Crippen LogP contribution in [0.15, 0.2) is 30.6 Å². The van der Waals surface area contributed by atoms with Gasteiger partial charge in [-0.2, -0.15) is 5.10 Å². The third-order valence-electron chi connectivity index (χ3n) is 3.05. The van der Waals surface area contributed by atoms with Gasteiger partial charge in [0.15, 0.2) is 0 Å². The highest BCUT2D eigenvalue weighted by molar-refractivity contribution is 5.42. The third kappa shape index (κ3) is 3.06. The Balaban J connectivity index is 2.20. The molecule has 0 aliphatic heterocycles. The lowest BCUT2D eigenvalue weighted by Gasteiger charge is -2.16. The van der Waals surface area contributed by atoms with Crippen molar-refractivity contribution < 1.29 is 9.47 Å². The van der Waals surface area contributed by atoms with E-state index in [0.29, 0.717) is 0 Å². The maximum absolute atomic E-state index is 6.25. The summed E-state index contributed by atoms with van der Waals surface area (Å²) in [6.45, 7) is 0. The van der Waals surface area contributed by atoms with Crippen molar-refractivity contribution in [1.82, 2.24) is 9.78 Å². The van der Waals surface area contributed by atoms with Gasteiger partial charge in [0.2, 0.25) is 0 Å². The molecule has 0 saturated carbocycles. The van der Waals surface area contributed by atoms with Crippen LogP contribution in [0.5, 0.6) is 11.5 Å². The maximum atomic E-state index is 6.25. The molecule has 0 spiro atoms. The molecule has 2 N–H and O–H groups in total. The fraction of sp³-hybridized carbons (Fsp3) is 0.357. The first-order valence-corrected chi connectivity index (χ1v) is 6.09. The minimum atomic E-state index is -0.134. The molecule has 2 aromatic rings. The van der Waals surface area contributed by atoms with Crippen LogP contribution in [0.4, 0.5) is 0 Å². The molecule has 1 heterocycles. The van der Waals surface area contributed by atoms with E-state index in [4.69, 9.17) is 15.2 Å². The van der Waals surface area contributed by atoms with Gasteiger partial charge in [-0.15, -0.1) is 0 Å². The van der Waals surface area contributed by atoms with Crippen LogP contribution in [0.3, 0.4) is 0 Å². The first kappa shape index (κ1) is 13.4. The van der Waals surface area contributed by atoms with Gasteiger partial charge in [0, 0.05) is 30.9 Å². The largest absolute Gasteiger partial charge is 0.497 e. The number of benzene rings is 1. The molecule has 1 unspecified atom stereocenters. The standard InChI is InChI=1S/C14H19N3O2/c1-17-9-10(8-16-17)6-13(15)12-5-4-11(18-2)7-14(12)19-3/h4-5,7-9,13H,6,15H2,1-3H3. The fourth-order valence-electron chi connectivity index (χ4n) is 2.07. The van der Waals surface area contributed by atoms with Gasteiger partial charge >= 0.3 is 0 Å². The summed E-state index contributed by atoms with van der Waals surface area (Å²) in [5, 5.41) is 4.14. The summed E-state index contributed by atoms with van der Waals surface area (Å²) in [5.74, 6) is 1.50. The van der Waals surface area contributed by atoms with E-state index in [-0.39, 0.29) is 6.04 Å². The summed E-state index contributed by atoms with van der Waals surface area (Å²) in [6, 6.07) is 5.54. The van der Waals surface area contributed by atoms with Crippen molar-refractivity contribution in [2.75, 3.05) is 14.2 Å². The quantitative estimate of drug-likeness (QED) is 0.889. The first-order valence-electron chi connectivity index (χ1n) is 6.09. The van der Waals surface area contributed by atoms with Crippen molar-refractivity contribution in [3.8, 4) is 11.5 Å². The van der Waals surface area contributed by atoms with E-state index in [1.165, 1.54) is 0 Å². The number of hydrogen-bond donors (Lipinski definition) is 1. The molecule has 0 amide bonds. The van der Waals surface area contributed by atoms with Gasteiger partial charge in [-0.25, -0.2) is 0 Å². The monoisotopic (exact) mass is 261 g/mol. The molecule has 0 fully saturated rings. The van der Waals surface area contributed by atoms with Crippen LogP contribution in [0, 0.1) is 0 Å². The van der Waals surface area contributed by atoms with Gasteiger partial charge in [0.25, 0.3) is 0 Å². The van der Waals surface area contributed by atoms with E-state index in [9.17, 15) is 0 Å². The number of aryl methyl sites for hydroxylation is 1. The summed E-state index contributed by atoms with van der Waals surface area (Å²) in [7, 11) is 5.15. The molecule has 0 saturated heterocycles. The number of nitrogens with two attached hydrogens (primary N) is 1. The molecule has 19 heavy (non-hydrogen) atoms. The van der Waals surface area contributed by atoms with Crippen molar-refractivity contribution in [2.45, 2.75) is 12.5 Å². The summed E-state index contributed by atoms with van der Waals surface area (Å²) in [6.07, 6.45) is 4.52. The smallest absolute Gasteiger partial charge is 0.127 e. The molecular formula is C14H19N3O2. The zero-order chi connectivity index (χ0) is 13.8. The van der Waals surface area contributed by atoms with Crippen LogP contribution in [-0.2, 0) is 13.5 Å². The Bertz CT molecular complexity index is 551. The van der Waals surface area contributed by atoms with Crippen molar-refractivity contribution in [3.63, 3.8) is 0 Å². The van der Waals surface area contributed by atoms with Crippen molar-refractivity contribution in [2.24, 2.45) is 12.8 Å². The van der Waals surface area contributed by atoms with Gasteiger partial charge in [0.05, 0.1) is 20.4 Å². The van der Waals surface area contributed by atoms with Crippen LogP contribution in [0.2, 0.25) is 0 Å². The molecule has 0 aliphatic carbocycles. The number of ether oxygens (including phenoxy) is 2. The van der Waals surface area contributed by atoms with Crippen LogP contribution >= 0.6 is 0 Å². The van der Waals surface area contributed by atoms with Crippen molar-refractivity contribution in [3.05, 3.63) is 41.7 Å². The maximum Gasteiger partial charge on any atom is 0.127 e. The second-order valence-electron chi connectivity index (χ2n) is 4.44. The molecule has 1 aromatic heterocycles. The average Bonchev–Trinajstić information content (AvgIpc) is 2.83. The molecule has 0 aliphatic rings. The van der Waals surface area contributed by atoms with E-state index < -0.39 is 0 Å². The zero-order valence-electron chi connectivity index (χ0n) is 11.5. The van der Waals surface area contributed by atoms with Gasteiger partial charge in [-0.1, -0.05) is 6.07 Å². The minimum Gasteiger partial charge on any atom is -0.497 e. The number of nitrogens with zero attached hydrogens (tertiary/aromatic N) is 2. The van der Waals surface area contributed by atoms with Crippen LogP contribution in [0.25, 0.3) is 0 Å². The lowest BCUT2D eigenvalue weighted by atomic mass is 10.0. The lowest BCUT2D eigenvalue weighted by molar-refractivity contribution is 0.388. The normalized spacial score (nSPS) is 12.2. The molecule has 0 radical (unpaired) electrons. The number of aromatic nitrogens is 2. The van der Waals surface area contributed by atoms with Crippen LogP contribution in [-0.4, -0.2) is 24.0 Å². The highest BCUT2D eigenvalue weighted by Crippen LogP contribution is 2.29. The van der Waals surface area contributed by atoms with Crippen LogP contribution in [0.1, 0.15) is 17.2 Å². The van der Waals surface area contributed by atoms with E-state index >= 15 is 0 Å². The molecule has 1 atom stereocenters. The van der Waals surface area contributed by atoms with Gasteiger partial charge in [-0.3, -0.25) is 4.68 Å². The van der Waals surface area contributed by atoms with Crippen LogP contribution < -0.4 is 15.2 Å². The highest BCUT2D eigenvalue weighted by Gasteiger charge is 2.14. The second-order valence-corrected chi connectivity index (χ2v) is 4.44. The van der Waals surface area contributed by atoms with E-state index in [0.717, 1.165) is 29.0 Å². The van der Waals surface area contributed by atoms with E-state index in [1.807, 2.05) is 37.6 Å². The minimum absolute atomic E-state index is 0.134. The fourth-order valence-corrected chi connectivity index (χ4v) is 2.07. The van der Waals surface area contributed by atoms with E-state index in [1.54, 1.807) is 18.9 Å². The lowest BCUT2D eigenvalue weighted by Crippen LogP contribution is -2.14. The summed E-state index contributed by atoms with van der Waals surface area (Å²) >= 11 is 0. The predicted molar refractivity (Wildman–Crippen MR) is 73.4 cm³/mol. The summed E-state index contributed by atoms with van der Waals surface area (Å²) in [5.41, 5.74) is 8.32. The molecule has 2 rings (SSSR count). The second kappa shape index (κ2) is 5.75. The van der Waals surface area contributed by atoms with Crippen molar-refractivity contribution in [1.29, 1.82) is 0 Å². The first-order chi connectivity index (χ1) is 9.13. The van der Waals surface area contributed by atoms with Gasteiger partial charge < -0.3 is 15.2 Å². The summed E-state index contributed by atoms with van der Waals surface area (Å²) < 4.78 is 12.3. The summed E-state index contributed by atoms with van der Waals surface area (Å²) in [4.78, 5) is 0. The number of rotatable bonds is 5. The Morgan fingerprint density at radius 3 is 2.68 bits per heavy atom. The highest BCUT2D eigenvalue weighted by atomic mass is 16.5. The Labute approximate surface area is 112 Å². The molecule has 5 nitrogen and oxygen atoms in total. The number of methoxy groups -OCH3 is 2. The zero-order valence-corrected chi connectivity index (χ0v) is 11.5. The van der Waals surface area contributed by atoms with E-state index in [2.05, 4.69) is 5.10 Å². The Morgan fingerprint density at radius 1 is 1.32 bits per heavy atom. The van der Waals surface area contributed by atoms with Gasteiger partial charge in [0.1, 0.15) is 11.5 Å². The predicted octanol–water partition coefficient (Wildman–Crippen LogP) is 1.68. The molecule has 102 valence electrons. The molecule has 5 heteroatoms. The number of hydrogen-bond acceptors (Lipinski definition) is 4. The molecule has 0 bridgehead atoms. The Morgan fingerprint density at radius 2 is 2.11 bits per heavy atom. The average molecular weight is 261 g/mol. The topological polar surface area (TPSA) is 62.3 Å². The SMILES string of the molecule is COc1ccc(C(N)Cc2cnn(C)c2)c(OC)c1. The Hall–Kier alpha value is -2.01. The molecular weight excluding hydrogens is 242 g/mol. The van der Waals surface area contributed by atoms with Crippen molar-refractivity contribution >= 4 is 0 Å². The third-order valence-corrected chi connectivity index (χ3v) is 3.05.